The van der Waals surface area contributed by atoms with Crippen molar-refractivity contribution in [2.75, 3.05) is 33.6 Å². The van der Waals surface area contributed by atoms with Gasteiger partial charge in [0.25, 0.3) is 0 Å². The van der Waals surface area contributed by atoms with Gasteiger partial charge in [-0.05, 0) is 33.4 Å². The second kappa shape index (κ2) is 5.69. The number of hydrogen-bond acceptors (Lipinski definition) is 3. The number of alkyl halides is 1. The number of carbonyl (C=O) groups excluding carboxylic acids is 2. The minimum Gasteiger partial charge on any atom is -0.326 e. The number of likely N-dealkylation sites (N-methyl/N-ethyl adjacent to an activating group) is 2. The van der Waals surface area contributed by atoms with E-state index in [1.54, 1.807) is 11.9 Å². The Balaban J connectivity index is 2.50. The molecular formula is C11H20ClN3O2. The van der Waals surface area contributed by atoms with Crippen LogP contribution in [0.3, 0.4) is 0 Å². The van der Waals surface area contributed by atoms with Crippen molar-refractivity contribution in [3.05, 3.63) is 0 Å². The van der Waals surface area contributed by atoms with E-state index in [2.05, 4.69) is 10.2 Å². The van der Waals surface area contributed by atoms with Gasteiger partial charge in [0.2, 0.25) is 5.91 Å². The molecule has 0 atom stereocenters. The number of carbonyl (C=O) groups is 2. The number of halogens is 1. The van der Waals surface area contributed by atoms with Gasteiger partial charge in [-0.3, -0.25) is 10.1 Å². The molecule has 0 unspecified atom stereocenters. The van der Waals surface area contributed by atoms with E-state index in [1.165, 1.54) is 6.42 Å². The lowest BCUT2D eigenvalue weighted by Gasteiger charge is -2.49. The lowest BCUT2D eigenvalue weighted by atomic mass is 9.75. The number of hydrogen-bond donors (Lipinski definition) is 1. The first-order valence-corrected chi connectivity index (χ1v) is 6.23. The smallest absolute Gasteiger partial charge is 0.323 e. The highest BCUT2D eigenvalue weighted by Gasteiger charge is 2.40. The third-order valence-electron chi connectivity index (χ3n) is 3.48. The zero-order valence-corrected chi connectivity index (χ0v) is 11.4. The van der Waals surface area contributed by atoms with Crippen LogP contribution < -0.4 is 5.32 Å². The maximum absolute atomic E-state index is 11.7. The fraction of sp³-hybridized carbons (Fsp3) is 0.818. The average Bonchev–Trinajstić information content (AvgIpc) is 2.22. The van der Waals surface area contributed by atoms with Gasteiger partial charge in [0.05, 0.1) is 0 Å². The zero-order valence-electron chi connectivity index (χ0n) is 10.6. The van der Waals surface area contributed by atoms with Crippen LogP contribution in [0.4, 0.5) is 4.79 Å². The summed E-state index contributed by atoms with van der Waals surface area (Å²) >= 11 is 5.33. The molecule has 1 saturated carbocycles. The van der Waals surface area contributed by atoms with Crippen molar-refractivity contribution in [2.24, 2.45) is 0 Å². The molecule has 1 aliphatic carbocycles. The van der Waals surface area contributed by atoms with Crippen molar-refractivity contribution in [2.45, 2.75) is 24.8 Å². The topological polar surface area (TPSA) is 52.6 Å². The fourth-order valence-electron chi connectivity index (χ4n) is 2.09. The normalized spacial score (nSPS) is 17.5. The first kappa shape index (κ1) is 14.3. The van der Waals surface area contributed by atoms with Crippen LogP contribution in [0, 0.1) is 0 Å². The third-order valence-corrected chi connectivity index (χ3v) is 3.72. The van der Waals surface area contributed by atoms with Gasteiger partial charge in [-0.1, -0.05) is 0 Å². The molecule has 17 heavy (non-hydrogen) atoms. The van der Waals surface area contributed by atoms with Crippen LogP contribution in [0.25, 0.3) is 0 Å². The standard InChI is InChI=1S/C11H20ClN3O2/c1-14(2)11(5-4-6-11)8-15(3)10(17)13-9(16)7-12/h4-8H2,1-3H3,(H,13,16,17). The van der Waals surface area contributed by atoms with Crippen LogP contribution in [-0.2, 0) is 4.79 Å². The van der Waals surface area contributed by atoms with Gasteiger partial charge in [0.1, 0.15) is 5.88 Å². The second-order valence-electron chi connectivity index (χ2n) is 4.82. The van der Waals surface area contributed by atoms with E-state index in [-0.39, 0.29) is 17.5 Å². The van der Waals surface area contributed by atoms with Gasteiger partial charge in [-0.15, -0.1) is 11.6 Å². The number of rotatable bonds is 4. The summed E-state index contributed by atoms with van der Waals surface area (Å²) in [5.41, 5.74) is 0.0656. The molecule has 0 radical (unpaired) electrons. The van der Waals surface area contributed by atoms with Crippen molar-refractivity contribution < 1.29 is 9.59 Å². The molecular weight excluding hydrogens is 242 g/mol. The molecule has 0 saturated heterocycles. The van der Waals surface area contributed by atoms with Crippen molar-refractivity contribution >= 4 is 23.5 Å². The number of nitrogens with one attached hydrogen (secondary N) is 1. The van der Waals surface area contributed by atoms with Crippen LogP contribution in [-0.4, -0.2) is 60.8 Å². The maximum Gasteiger partial charge on any atom is 0.323 e. The van der Waals surface area contributed by atoms with E-state index in [1.807, 2.05) is 14.1 Å². The molecule has 0 spiro atoms. The summed E-state index contributed by atoms with van der Waals surface area (Å²) in [6.07, 6.45) is 3.36. The van der Waals surface area contributed by atoms with Crippen molar-refractivity contribution in [3.63, 3.8) is 0 Å². The lowest BCUT2D eigenvalue weighted by molar-refractivity contribution is -0.117. The predicted molar refractivity (Wildman–Crippen MR) is 67.2 cm³/mol. The molecule has 1 aliphatic rings. The molecule has 1 fully saturated rings. The molecule has 5 nitrogen and oxygen atoms in total. The second-order valence-corrected chi connectivity index (χ2v) is 5.08. The maximum atomic E-state index is 11.7. The molecule has 0 bridgehead atoms. The van der Waals surface area contributed by atoms with Crippen LogP contribution in [0.5, 0.6) is 0 Å². The van der Waals surface area contributed by atoms with Gasteiger partial charge < -0.3 is 9.80 Å². The van der Waals surface area contributed by atoms with E-state index >= 15 is 0 Å². The SMILES string of the molecule is CN(CC1(N(C)C)CCC1)C(=O)NC(=O)CCl. The summed E-state index contributed by atoms with van der Waals surface area (Å²) in [7, 11) is 5.74. The summed E-state index contributed by atoms with van der Waals surface area (Å²) in [6.45, 7) is 0.626. The number of imide groups is 1. The third kappa shape index (κ3) is 3.33. The minimum absolute atomic E-state index is 0.0656. The molecule has 1 rings (SSSR count). The lowest BCUT2D eigenvalue weighted by Crippen LogP contribution is -2.58. The highest BCUT2D eigenvalue weighted by atomic mass is 35.5. The van der Waals surface area contributed by atoms with Crippen molar-refractivity contribution in [1.29, 1.82) is 0 Å². The predicted octanol–water partition coefficient (Wildman–Crippen LogP) is 0.877. The van der Waals surface area contributed by atoms with E-state index in [0.29, 0.717) is 6.54 Å². The van der Waals surface area contributed by atoms with E-state index in [9.17, 15) is 9.59 Å². The first-order valence-electron chi connectivity index (χ1n) is 5.69. The highest BCUT2D eigenvalue weighted by Crippen LogP contribution is 2.36. The highest BCUT2D eigenvalue weighted by molar-refractivity contribution is 6.28. The van der Waals surface area contributed by atoms with Crippen LogP contribution in [0.2, 0.25) is 0 Å². The molecule has 0 aromatic rings. The number of nitrogens with zero attached hydrogens (tertiary/aromatic N) is 2. The molecule has 3 amide bonds. The van der Waals surface area contributed by atoms with Gasteiger partial charge in [0, 0.05) is 19.1 Å². The number of urea groups is 1. The van der Waals surface area contributed by atoms with Crippen molar-refractivity contribution in [1.82, 2.24) is 15.1 Å². The Morgan fingerprint density at radius 3 is 2.24 bits per heavy atom. The fourth-order valence-corrected chi connectivity index (χ4v) is 2.16. The van der Waals surface area contributed by atoms with E-state index in [4.69, 9.17) is 11.6 Å². The quantitative estimate of drug-likeness (QED) is 0.765. The zero-order chi connectivity index (χ0) is 13.1. The molecule has 0 heterocycles. The van der Waals surface area contributed by atoms with E-state index in [0.717, 1.165) is 12.8 Å². The van der Waals surface area contributed by atoms with Crippen LogP contribution >= 0.6 is 11.6 Å². The summed E-state index contributed by atoms with van der Waals surface area (Å²) < 4.78 is 0. The Bertz CT molecular complexity index is 303. The van der Waals surface area contributed by atoms with Gasteiger partial charge in [0.15, 0.2) is 0 Å². The van der Waals surface area contributed by atoms with Gasteiger partial charge in [-0.25, -0.2) is 4.79 Å². The molecule has 0 aromatic heterocycles. The first-order chi connectivity index (χ1) is 7.91. The summed E-state index contributed by atoms with van der Waals surface area (Å²) in [6, 6.07) is -0.385. The van der Waals surface area contributed by atoms with E-state index < -0.39 is 5.91 Å². The molecule has 0 aliphatic heterocycles. The van der Waals surface area contributed by atoms with Crippen LogP contribution in [0.15, 0.2) is 0 Å². The van der Waals surface area contributed by atoms with Crippen molar-refractivity contribution in [3.8, 4) is 0 Å². The largest absolute Gasteiger partial charge is 0.326 e. The summed E-state index contributed by atoms with van der Waals surface area (Å²) in [5, 5.41) is 2.24. The monoisotopic (exact) mass is 261 g/mol. The Labute approximate surface area is 107 Å². The average molecular weight is 262 g/mol. The molecule has 0 aromatic carbocycles. The Morgan fingerprint density at radius 1 is 1.29 bits per heavy atom. The summed E-state index contributed by atoms with van der Waals surface area (Å²) in [4.78, 5) is 26.4. The Morgan fingerprint density at radius 2 is 1.88 bits per heavy atom. The Kier molecular flexibility index (Phi) is 4.77. The molecule has 98 valence electrons. The van der Waals surface area contributed by atoms with Gasteiger partial charge >= 0.3 is 6.03 Å². The van der Waals surface area contributed by atoms with Gasteiger partial charge in [-0.2, -0.15) is 0 Å². The summed E-state index contributed by atoms with van der Waals surface area (Å²) in [5.74, 6) is -0.658. The Hall–Kier alpha value is -0.810. The minimum atomic E-state index is -0.462. The molecule has 6 heteroatoms. The molecule has 1 N–H and O–H groups in total. The van der Waals surface area contributed by atoms with Crippen LogP contribution in [0.1, 0.15) is 19.3 Å². The number of amides is 3.